The van der Waals surface area contributed by atoms with Gasteiger partial charge >= 0.3 is 0 Å². The van der Waals surface area contributed by atoms with Crippen molar-refractivity contribution < 1.29 is 18.3 Å². The number of hydrogen-bond acceptors (Lipinski definition) is 5. The molecular weight excluding hydrogens is 474 g/mol. The van der Waals surface area contributed by atoms with Gasteiger partial charge in [-0.2, -0.15) is 4.31 Å². The second-order valence-corrected chi connectivity index (χ2v) is 12.4. The van der Waals surface area contributed by atoms with Gasteiger partial charge in [-0.3, -0.25) is 4.79 Å². The molecule has 1 aliphatic rings. The number of benzene rings is 2. The molecule has 2 atom stereocenters. The molecule has 8 heteroatoms. The molecule has 7 nitrogen and oxygen atoms in total. The lowest BCUT2D eigenvalue weighted by atomic mass is 9.82. The van der Waals surface area contributed by atoms with Crippen LogP contribution in [0.25, 0.3) is 0 Å². The first-order chi connectivity index (χ1) is 17.1. The van der Waals surface area contributed by atoms with Crippen LogP contribution in [0.2, 0.25) is 0 Å². The lowest BCUT2D eigenvalue weighted by Gasteiger charge is -2.34. The van der Waals surface area contributed by atoms with Gasteiger partial charge < -0.3 is 16.2 Å². The number of anilines is 1. The number of carbonyl (C=O) groups excluding carboxylic acids is 1. The standard InChI is InChI=1S/C28H41N3O4S/c1-4-28(16-8-9-17-28)27(33)30-25(18-22-10-6-5-7-11-22)26(32)20-31(19-21(2)3)36(34,35)24-14-12-23(29)13-15-24/h5-7,10-15,21,25-26,32H,4,8-9,16-20,29H2,1-3H3,(H,30,33). The number of aliphatic hydroxyl groups excluding tert-OH is 1. The van der Waals surface area contributed by atoms with E-state index in [0.29, 0.717) is 12.1 Å². The Hall–Kier alpha value is -2.42. The number of aliphatic hydroxyl groups is 1. The number of nitrogen functional groups attached to an aromatic ring is 1. The van der Waals surface area contributed by atoms with E-state index in [1.807, 2.05) is 51.1 Å². The van der Waals surface area contributed by atoms with Crippen molar-refractivity contribution in [3.63, 3.8) is 0 Å². The molecule has 0 spiro atoms. The normalized spacial score (nSPS) is 17.3. The molecule has 2 aromatic carbocycles. The number of rotatable bonds is 12. The first kappa shape index (κ1) is 28.2. The van der Waals surface area contributed by atoms with Gasteiger partial charge in [0.15, 0.2) is 0 Å². The summed E-state index contributed by atoms with van der Waals surface area (Å²) >= 11 is 0. The molecule has 1 saturated carbocycles. The summed E-state index contributed by atoms with van der Waals surface area (Å²) in [5.74, 6) is 0.00375. The molecule has 3 rings (SSSR count). The van der Waals surface area contributed by atoms with Crippen LogP contribution in [0.1, 0.15) is 58.4 Å². The predicted molar refractivity (Wildman–Crippen MR) is 144 cm³/mol. The number of nitrogens with one attached hydrogen (secondary N) is 1. The molecule has 0 aromatic heterocycles. The molecule has 0 bridgehead atoms. The second-order valence-electron chi connectivity index (χ2n) is 10.5. The highest BCUT2D eigenvalue weighted by Gasteiger charge is 2.41. The SMILES string of the molecule is CCC1(C(=O)NC(Cc2ccccc2)C(O)CN(CC(C)C)S(=O)(=O)c2ccc(N)cc2)CCCC1. The Morgan fingerprint density at radius 2 is 1.67 bits per heavy atom. The van der Waals surface area contributed by atoms with Crippen LogP contribution in [-0.2, 0) is 21.2 Å². The van der Waals surface area contributed by atoms with Gasteiger partial charge in [0, 0.05) is 24.2 Å². The third-order valence-corrected chi connectivity index (χ3v) is 9.12. The lowest BCUT2D eigenvalue weighted by molar-refractivity contribution is -0.132. The molecule has 0 radical (unpaired) electrons. The molecule has 0 heterocycles. The van der Waals surface area contributed by atoms with Crippen LogP contribution in [0.15, 0.2) is 59.5 Å². The monoisotopic (exact) mass is 515 g/mol. The van der Waals surface area contributed by atoms with Gasteiger partial charge in [0.05, 0.1) is 17.0 Å². The van der Waals surface area contributed by atoms with Crippen molar-refractivity contribution >= 4 is 21.6 Å². The first-order valence-electron chi connectivity index (χ1n) is 13.0. The number of nitrogens with zero attached hydrogens (tertiary/aromatic N) is 1. The molecule has 1 fully saturated rings. The summed E-state index contributed by atoms with van der Waals surface area (Å²) in [4.78, 5) is 13.6. The fourth-order valence-electron chi connectivity index (χ4n) is 5.07. The first-order valence-corrected chi connectivity index (χ1v) is 14.4. The maximum atomic E-state index is 13.5. The maximum Gasteiger partial charge on any atom is 0.243 e. The van der Waals surface area contributed by atoms with E-state index in [2.05, 4.69) is 5.32 Å². The molecule has 2 aromatic rings. The fraction of sp³-hybridized carbons (Fsp3) is 0.536. The van der Waals surface area contributed by atoms with E-state index >= 15 is 0 Å². The van der Waals surface area contributed by atoms with Crippen LogP contribution in [0, 0.1) is 11.3 Å². The smallest absolute Gasteiger partial charge is 0.243 e. The fourth-order valence-corrected chi connectivity index (χ4v) is 6.69. The summed E-state index contributed by atoms with van der Waals surface area (Å²) in [5.41, 5.74) is 6.78. The second kappa shape index (κ2) is 12.2. The quantitative estimate of drug-likeness (QED) is 0.370. The van der Waals surface area contributed by atoms with Crippen molar-refractivity contribution in [2.75, 3.05) is 18.8 Å². The summed E-state index contributed by atoms with van der Waals surface area (Å²) in [7, 11) is -3.87. The van der Waals surface area contributed by atoms with E-state index in [0.717, 1.165) is 37.7 Å². The van der Waals surface area contributed by atoms with E-state index in [4.69, 9.17) is 5.73 Å². The van der Waals surface area contributed by atoms with E-state index in [-0.39, 0.29) is 29.8 Å². The van der Waals surface area contributed by atoms with E-state index in [1.165, 1.54) is 16.4 Å². The third-order valence-electron chi connectivity index (χ3n) is 7.28. The van der Waals surface area contributed by atoms with Gasteiger partial charge in [0.2, 0.25) is 15.9 Å². The molecule has 0 saturated heterocycles. The number of amides is 1. The minimum absolute atomic E-state index is 0.0423. The summed E-state index contributed by atoms with van der Waals surface area (Å²) in [5, 5.41) is 14.5. The van der Waals surface area contributed by atoms with Crippen LogP contribution in [-0.4, -0.2) is 49.0 Å². The summed E-state index contributed by atoms with van der Waals surface area (Å²) in [6.07, 6.45) is 3.79. The van der Waals surface area contributed by atoms with Crippen LogP contribution in [0.3, 0.4) is 0 Å². The Labute approximate surface area is 216 Å². The minimum Gasteiger partial charge on any atom is -0.399 e. The average molecular weight is 516 g/mol. The molecule has 1 amide bonds. The van der Waals surface area contributed by atoms with Crippen molar-refractivity contribution in [1.29, 1.82) is 0 Å². The number of hydrogen-bond donors (Lipinski definition) is 3. The highest BCUT2D eigenvalue weighted by Crippen LogP contribution is 2.41. The van der Waals surface area contributed by atoms with E-state index in [9.17, 15) is 18.3 Å². The third kappa shape index (κ3) is 6.87. The van der Waals surface area contributed by atoms with E-state index in [1.54, 1.807) is 12.1 Å². The van der Waals surface area contributed by atoms with Crippen LogP contribution in [0.4, 0.5) is 5.69 Å². The Bertz CT molecular complexity index is 1080. The summed E-state index contributed by atoms with van der Waals surface area (Å²) < 4.78 is 28.3. The molecule has 2 unspecified atom stereocenters. The number of nitrogens with two attached hydrogens (primary N) is 1. The highest BCUT2D eigenvalue weighted by molar-refractivity contribution is 7.89. The van der Waals surface area contributed by atoms with Gasteiger partial charge in [0.1, 0.15) is 0 Å². The minimum atomic E-state index is -3.87. The maximum absolute atomic E-state index is 13.5. The Balaban J connectivity index is 1.87. The van der Waals surface area contributed by atoms with Crippen molar-refractivity contribution in [2.24, 2.45) is 11.3 Å². The van der Waals surface area contributed by atoms with Crippen molar-refractivity contribution in [2.45, 2.75) is 76.3 Å². The molecule has 198 valence electrons. The summed E-state index contributed by atoms with van der Waals surface area (Å²) in [6, 6.07) is 15.1. The zero-order valence-corrected chi connectivity index (χ0v) is 22.5. The largest absolute Gasteiger partial charge is 0.399 e. The topological polar surface area (TPSA) is 113 Å². The molecular formula is C28H41N3O4S. The van der Waals surface area contributed by atoms with Gasteiger partial charge in [-0.05, 0) is 61.4 Å². The van der Waals surface area contributed by atoms with Crippen LogP contribution >= 0.6 is 0 Å². The molecule has 0 aliphatic heterocycles. The van der Waals surface area contributed by atoms with Crippen molar-refractivity contribution in [1.82, 2.24) is 9.62 Å². The Morgan fingerprint density at radius 1 is 1.06 bits per heavy atom. The highest BCUT2D eigenvalue weighted by atomic mass is 32.2. The Morgan fingerprint density at radius 3 is 2.22 bits per heavy atom. The average Bonchev–Trinajstić information content (AvgIpc) is 3.34. The van der Waals surface area contributed by atoms with Crippen molar-refractivity contribution in [3.8, 4) is 0 Å². The van der Waals surface area contributed by atoms with Gasteiger partial charge in [-0.1, -0.05) is 63.9 Å². The van der Waals surface area contributed by atoms with Crippen LogP contribution in [0.5, 0.6) is 0 Å². The molecule has 1 aliphatic carbocycles. The van der Waals surface area contributed by atoms with Crippen LogP contribution < -0.4 is 11.1 Å². The predicted octanol–water partition coefficient (Wildman–Crippen LogP) is 3.97. The van der Waals surface area contributed by atoms with Gasteiger partial charge in [-0.15, -0.1) is 0 Å². The van der Waals surface area contributed by atoms with Gasteiger partial charge in [-0.25, -0.2) is 8.42 Å². The van der Waals surface area contributed by atoms with Gasteiger partial charge in [0.25, 0.3) is 0 Å². The number of carbonyl (C=O) groups is 1. The van der Waals surface area contributed by atoms with E-state index < -0.39 is 27.6 Å². The zero-order valence-electron chi connectivity index (χ0n) is 21.7. The Kier molecular flexibility index (Phi) is 9.55. The summed E-state index contributed by atoms with van der Waals surface area (Å²) in [6.45, 7) is 6.03. The molecule has 4 N–H and O–H groups in total. The molecule has 36 heavy (non-hydrogen) atoms. The zero-order chi connectivity index (χ0) is 26.3. The van der Waals surface area contributed by atoms with Crippen molar-refractivity contribution in [3.05, 3.63) is 60.2 Å². The lowest BCUT2D eigenvalue weighted by Crippen LogP contribution is -2.53. The number of sulfonamides is 1.